The van der Waals surface area contributed by atoms with Crippen LogP contribution >= 0.6 is 0 Å². The van der Waals surface area contributed by atoms with Crippen LogP contribution in [-0.2, 0) is 6.54 Å². The number of ether oxygens (including phenoxy) is 1. The number of amides is 1. The Morgan fingerprint density at radius 2 is 1.71 bits per heavy atom. The molecule has 0 aliphatic carbocycles. The van der Waals surface area contributed by atoms with E-state index in [9.17, 15) is 13.6 Å². The fraction of sp³-hybridized carbons (Fsp3) is 0.188. The molecule has 2 aromatic carbocycles. The van der Waals surface area contributed by atoms with Crippen LogP contribution < -0.4 is 10.1 Å². The smallest absolute Gasteiger partial charge is 0.251 e. The van der Waals surface area contributed by atoms with Gasteiger partial charge in [-0.3, -0.25) is 4.79 Å². The lowest BCUT2D eigenvalue weighted by Crippen LogP contribution is -2.22. The highest BCUT2D eigenvalue weighted by molar-refractivity contribution is 5.94. The van der Waals surface area contributed by atoms with Gasteiger partial charge in [-0.05, 0) is 48.9 Å². The summed E-state index contributed by atoms with van der Waals surface area (Å²) in [6.07, 6.45) is 0. The Labute approximate surface area is 121 Å². The number of rotatable bonds is 5. The van der Waals surface area contributed by atoms with Gasteiger partial charge in [-0.1, -0.05) is 0 Å². The summed E-state index contributed by atoms with van der Waals surface area (Å²) in [5.74, 6) is -0.968. The molecule has 1 amide bonds. The Kier molecular flexibility index (Phi) is 4.87. The largest absolute Gasteiger partial charge is 0.494 e. The monoisotopic (exact) mass is 291 g/mol. The van der Waals surface area contributed by atoms with E-state index in [4.69, 9.17) is 4.74 Å². The van der Waals surface area contributed by atoms with Gasteiger partial charge in [-0.25, -0.2) is 8.78 Å². The molecule has 0 atom stereocenters. The Morgan fingerprint density at radius 1 is 1.10 bits per heavy atom. The van der Waals surface area contributed by atoms with Crippen molar-refractivity contribution in [3.8, 4) is 5.75 Å². The van der Waals surface area contributed by atoms with Crippen LogP contribution in [0.2, 0.25) is 0 Å². The Hall–Kier alpha value is -2.43. The number of carbonyl (C=O) groups is 1. The van der Waals surface area contributed by atoms with Crippen LogP contribution in [0.3, 0.4) is 0 Å². The second-order valence-corrected chi connectivity index (χ2v) is 4.42. The summed E-state index contributed by atoms with van der Waals surface area (Å²) in [7, 11) is 0. The molecule has 0 fully saturated rings. The summed E-state index contributed by atoms with van der Waals surface area (Å²) in [6.45, 7) is 2.48. The standard InChI is InChI=1S/C16H15F2NO2/c1-2-21-15-5-3-12(4-6-15)16(20)19-10-11-7-13(17)9-14(18)8-11/h3-9H,2,10H2,1H3,(H,19,20). The van der Waals surface area contributed by atoms with E-state index in [0.717, 1.165) is 6.07 Å². The SMILES string of the molecule is CCOc1ccc(C(=O)NCc2cc(F)cc(F)c2)cc1. The average Bonchev–Trinajstić information content (AvgIpc) is 2.45. The second-order valence-electron chi connectivity index (χ2n) is 4.42. The van der Waals surface area contributed by atoms with Gasteiger partial charge in [0.05, 0.1) is 6.61 Å². The van der Waals surface area contributed by atoms with Crippen molar-refractivity contribution in [2.45, 2.75) is 13.5 Å². The maximum absolute atomic E-state index is 13.0. The van der Waals surface area contributed by atoms with Crippen LogP contribution in [0, 0.1) is 11.6 Å². The molecule has 0 aromatic heterocycles. The van der Waals surface area contributed by atoms with Crippen LogP contribution in [0.5, 0.6) is 5.75 Å². The quantitative estimate of drug-likeness (QED) is 0.918. The van der Waals surface area contributed by atoms with Crippen LogP contribution in [0.1, 0.15) is 22.8 Å². The third-order valence-corrected chi connectivity index (χ3v) is 2.80. The first-order chi connectivity index (χ1) is 10.1. The van der Waals surface area contributed by atoms with Crippen molar-refractivity contribution in [2.24, 2.45) is 0 Å². The van der Waals surface area contributed by atoms with Crippen LogP contribution in [0.25, 0.3) is 0 Å². The highest BCUT2D eigenvalue weighted by Crippen LogP contribution is 2.12. The van der Waals surface area contributed by atoms with E-state index in [1.165, 1.54) is 12.1 Å². The Bertz CT molecular complexity index is 606. The number of benzene rings is 2. The molecule has 0 aliphatic rings. The number of hydrogen-bond acceptors (Lipinski definition) is 2. The minimum atomic E-state index is -0.666. The highest BCUT2D eigenvalue weighted by Gasteiger charge is 2.07. The first-order valence-electron chi connectivity index (χ1n) is 6.54. The third kappa shape index (κ3) is 4.27. The summed E-state index contributed by atoms with van der Waals surface area (Å²) in [5, 5.41) is 2.61. The van der Waals surface area contributed by atoms with Crippen molar-refractivity contribution in [2.75, 3.05) is 6.61 Å². The molecule has 0 spiro atoms. The fourth-order valence-corrected chi connectivity index (χ4v) is 1.87. The van der Waals surface area contributed by atoms with E-state index in [2.05, 4.69) is 5.32 Å². The molecule has 1 N–H and O–H groups in total. The predicted octanol–water partition coefficient (Wildman–Crippen LogP) is 3.29. The van der Waals surface area contributed by atoms with Crippen molar-refractivity contribution in [3.05, 3.63) is 65.2 Å². The molecule has 0 heterocycles. The average molecular weight is 291 g/mol. The molecule has 110 valence electrons. The molecule has 21 heavy (non-hydrogen) atoms. The van der Waals surface area contributed by atoms with Crippen molar-refractivity contribution >= 4 is 5.91 Å². The molecule has 2 aromatic rings. The van der Waals surface area contributed by atoms with Crippen LogP contribution in [0.15, 0.2) is 42.5 Å². The summed E-state index contributed by atoms with van der Waals surface area (Å²) in [4.78, 5) is 11.9. The van der Waals surface area contributed by atoms with Crippen molar-refractivity contribution in [1.82, 2.24) is 5.32 Å². The van der Waals surface area contributed by atoms with E-state index in [1.54, 1.807) is 24.3 Å². The first kappa shape index (κ1) is 15.0. The lowest BCUT2D eigenvalue weighted by Gasteiger charge is -2.07. The van der Waals surface area contributed by atoms with E-state index in [1.807, 2.05) is 6.92 Å². The van der Waals surface area contributed by atoms with Gasteiger partial charge in [0.25, 0.3) is 5.91 Å². The fourth-order valence-electron chi connectivity index (χ4n) is 1.87. The molecule has 0 saturated carbocycles. The van der Waals surface area contributed by atoms with Gasteiger partial charge in [0.2, 0.25) is 0 Å². The summed E-state index contributed by atoms with van der Waals surface area (Å²) < 4.78 is 31.3. The number of carbonyl (C=O) groups excluding carboxylic acids is 1. The van der Waals surface area contributed by atoms with Crippen molar-refractivity contribution in [3.63, 3.8) is 0 Å². The topological polar surface area (TPSA) is 38.3 Å². The zero-order valence-corrected chi connectivity index (χ0v) is 11.5. The molecular weight excluding hydrogens is 276 g/mol. The van der Waals surface area contributed by atoms with Gasteiger partial charge in [0, 0.05) is 18.2 Å². The van der Waals surface area contributed by atoms with E-state index in [0.29, 0.717) is 23.5 Å². The normalized spacial score (nSPS) is 10.2. The number of nitrogens with one attached hydrogen (secondary N) is 1. The second kappa shape index (κ2) is 6.83. The highest BCUT2D eigenvalue weighted by atomic mass is 19.1. The summed E-state index contributed by atoms with van der Waals surface area (Å²) >= 11 is 0. The van der Waals surface area contributed by atoms with Gasteiger partial charge in [0.15, 0.2) is 0 Å². The van der Waals surface area contributed by atoms with Gasteiger partial charge in [-0.2, -0.15) is 0 Å². The Balaban J connectivity index is 1.97. The lowest BCUT2D eigenvalue weighted by molar-refractivity contribution is 0.0950. The number of hydrogen-bond donors (Lipinski definition) is 1. The molecule has 0 radical (unpaired) electrons. The maximum Gasteiger partial charge on any atom is 0.251 e. The lowest BCUT2D eigenvalue weighted by atomic mass is 10.2. The molecule has 5 heteroatoms. The Morgan fingerprint density at radius 3 is 2.29 bits per heavy atom. The van der Waals surface area contributed by atoms with Crippen molar-refractivity contribution < 1.29 is 18.3 Å². The minimum Gasteiger partial charge on any atom is -0.494 e. The molecule has 0 saturated heterocycles. The molecule has 0 bridgehead atoms. The van der Waals surface area contributed by atoms with Crippen molar-refractivity contribution in [1.29, 1.82) is 0 Å². The van der Waals surface area contributed by atoms with E-state index < -0.39 is 11.6 Å². The third-order valence-electron chi connectivity index (χ3n) is 2.80. The van der Waals surface area contributed by atoms with Crippen LogP contribution in [0.4, 0.5) is 8.78 Å². The van der Waals surface area contributed by atoms with E-state index in [-0.39, 0.29) is 12.5 Å². The molecule has 2 rings (SSSR count). The van der Waals surface area contributed by atoms with Crippen LogP contribution in [-0.4, -0.2) is 12.5 Å². The predicted molar refractivity (Wildman–Crippen MR) is 75.1 cm³/mol. The van der Waals surface area contributed by atoms with Gasteiger partial charge < -0.3 is 10.1 Å². The van der Waals surface area contributed by atoms with Gasteiger partial charge in [0.1, 0.15) is 17.4 Å². The molecule has 0 unspecified atom stereocenters. The molecule has 0 aliphatic heterocycles. The number of halogens is 2. The summed E-state index contributed by atoms with van der Waals surface area (Å²) in [6, 6.07) is 9.81. The molecular formula is C16H15F2NO2. The maximum atomic E-state index is 13.0. The minimum absolute atomic E-state index is 0.0563. The van der Waals surface area contributed by atoms with Gasteiger partial charge in [-0.15, -0.1) is 0 Å². The zero-order chi connectivity index (χ0) is 15.2. The van der Waals surface area contributed by atoms with E-state index >= 15 is 0 Å². The summed E-state index contributed by atoms with van der Waals surface area (Å²) in [5.41, 5.74) is 0.821. The van der Waals surface area contributed by atoms with Gasteiger partial charge >= 0.3 is 0 Å². The zero-order valence-electron chi connectivity index (χ0n) is 11.5. The molecule has 3 nitrogen and oxygen atoms in total. The first-order valence-corrected chi connectivity index (χ1v) is 6.54.